The summed E-state index contributed by atoms with van der Waals surface area (Å²) in [6.45, 7) is 0. The Hall–Kier alpha value is -2.22. The van der Waals surface area contributed by atoms with Crippen LogP contribution in [0, 0.1) is 13.7 Å². The highest BCUT2D eigenvalue weighted by molar-refractivity contribution is 14.1. The van der Waals surface area contributed by atoms with Crippen molar-refractivity contribution in [3.63, 3.8) is 0 Å². The Morgan fingerprint density at radius 3 is 2.52 bits per heavy atom. The van der Waals surface area contributed by atoms with E-state index in [4.69, 9.17) is 0 Å². The fraction of sp³-hybridized carbons (Fsp3) is 0. The van der Waals surface area contributed by atoms with Crippen molar-refractivity contribution in [3.8, 4) is 0 Å². The van der Waals surface area contributed by atoms with Crippen LogP contribution in [0.25, 0.3) is 6.08 Å². The topological polar surface area (TPSA) is 72.2 Å². The molecule has 0 aliphatic heterocycles. The molecule has 6 heteroatoms. The van der Waals surface area contributed by atoms with Crippen LogP contribution < -0.4 is 5.32 Å². The van der Waals surface area contributed by atoms with E-state index in [2.05, 4.69) is 27.9 Å². The largest absolute Gasteiger partial charge is 0.322 e. The molecule has 2 aromatic carbocycles. The average Bonchev–Trinajstić information content (AvgIpc) is 2.45. The number of non-ortho nitro benzene ring substituents is 1. The third-order valence-corrected chi connectivity index (χ3v) is 3.29. The number of nitro groups is 1. The molecule has 0 unspecified atom stereocenters. The number of nitrogens with zero attached hydrogens (tertiary/aromatic N) is 1. The van der Waals surface area contributed by atoms with E-state index in [0.29, 0.717) is 0 Å². The highest BCUT2D eigenvalue weighted by Gasteiger charge is 2.03. The Bertz CT molecular complexity index is 696. The van der Waals surface area contributed by atoms with Crippen molar-refractivity contribution >= 4 is 45.9 Å². The average molecular weight is 394 g/mol. The highest BCUT2D eigenvalue weighted by atomic mass is 127. The molecule has 0 fully saturated rings. The molecule has 0 spiro atoms. The van der Waals surface area contributed by atoms with Crippen LogP contribution in [0.2, 0.25) is 0 Å². The Kier molecular flexibility index (Phi) is 5.04. The van der Waals surface area contributed by atoms with Crippen molar-refractivity contribution in [3.05, 3.63) is 73.9 Å². The zero-order valence-electron chi connectivity index (χ0n) is 10.8. The van der Waals surface area contributed by atoms with Crippen molar-refractivity contribution in [1.29, 1.82) is 0 Å². The number of carbonyl (C=O) groups excluding carboxylic acids is 1. The number of rotatable bonds is 4. The smallest absolute Gasteiger partial charge is 0.269 e. The first-order valence-electron chi connectivity index (χ1n) is 6.04. The number of nitrogens with one attached hydrogen (secondary N) is 1. The standard InChI is InChI=1S/C15H11IN2O3/c16-12-2-1-3-13(10-12)17-15(19)9-6-11-4-7-14(8-5-11)18(20)21/h1-10H,(H,17,19)/b9-6+. The number of amides is 1. The molecule has 5 nitrogen and oxygen atoms in total. The summed E-state index contributed by atoms with van der Waals surface area (Å²) in [7, 11) is 0. The SMILES string of the molecule is O=C(/C=C/c1ccc([N+](=O)[O-])cc1)Nc1cccc(I)c1. The van der Waals surface area contributed by atoms with Crippen LogP contribution in [-0.2, 0) is 4.79 Å². The first-order valence-corrected chi connectivity index (χ1v) is 7.11. The van der Waals surface area contributed by atoms with E-state index in [1.807, 2.05) is 18.2 Å². The predicted octanol–water partition coefficient (Wildman–Crippen LogP) is 3.85. The van der Waals surface area contributed by atoms with Crippen molar-refractivity contribution in [2.75, 3.05) is 5.32 Å². The van der Waals surface area contributed by atoms with Crippen LogP contribution in [-0.4, -0.2) is 10.8 Å². The van der Waals surface area contributed by atoms with E-state index in [1.54, 1.807) is 24.3 Å². The number of halogens is 1. The molecule has 0 saturated heterocycles. The van der Waals surface area contributed by atoms with Crippen LogP contribution in [0.3, 0.4) is 0 Å². The lowest BCUT2D eigenvalue weighted by atomic mass is 10.2. The lowest BCUT2D eigenvalue weighted by molar-refractivity contribution is -0.384. The van der Waals surface area contributed by atoms with Gasteiger partial charge in [0.05, 0.1) is 4.92 Å². The van der Waals surface area contributed by atoms with Crippen molar-refractivity contribution in [1.82, 2.24) is 0 Å². The fourth-order valence-electron chi connectivity index (χ4n) is 1.63. The summed E-state index contributed by atoms with van der Waals surface area (Å²) in [5.41, 5.74) is 1.47. The summed E-state index contributed by atoms with van der Waals surface area (Å²) in [4.78, 5) is 21.8. The summed E-state index contributed by atoms with van der Waals surface area (Å²) in [5, 5.41) is 13.3. The van der Waals surface area contributed by atoms with E-state index in [-0.39, 0.29) is 11.6 Å². The molecule has 1 amide bonds. The van der Waals surface area contributed by atoms with Gasteiger partial charge >= 0.3 is 0 Å². The zero-order chi connectivity index (χ0) is 15.2. The Morgan fingerprint density at radius 1 is 1.19 bits per heavy atom. The molecule has 21 heavy (non-hydrogen) atoms. The molecule has 0 heterocycles. The molecular formula is C15H11IN2O3. The molecule has 0 radical (unpaired) electrons. The molecule has 0 saturated carbocycles. The Morgan fingerprint density at radius 2 is 1.90 bits per heavy atom. The second-order valence-corrected chi connectivity index (χ2v) is 5.43. The second kappa shape index (κ2) is 6.98. The van der Waals surface area contributed by atoms with Gasteiger partial charge in [0.15, 0.2) is 0 Å². The first-order chi connectivity index (χ1) is 10.0. The van der Waals surface area contributed by atoms with Crippen LogP contribution in [0.5, 0.6) is 0 Å². The molecule has 2 rings (SSSR count). The van der Waals surface area contributed by atoms with E-state index < -0.39 is 4.92 Å². The van der Waals surface area contributed by atoms with Gasteiger partial charge in [0.25, 0.3) is 5.69 Å². The van der Waals surface area contributed by atoms with Crippen LogP contribution in [0.15, 0.2) is 54.6 Å². The zero-order valence-corrected chi connectivity index (χ0v) is 13.0. The van der Waals surface area contributed by atoms with E-state index in [9.17, 15) is 14.9 Å². The molecule has 106 valence electrons. The number of hydrogen-bond donors (Lipinski definition) is 1. The molecule has 0 bridgehead atoms. The van der Waals surface area contributed by atoms with Gasteiger partial charge in [-0.2, -0.15) is 0 Å². The van der Waals surface area contributed by atoms with Gasteiger partial charge < -0.3 is 5.32 Å². The van der Waals surface area contributed by atoms with Gasteiger partial charge in [0.1, 0.15) is 0 Å². The van der Waals surface area contributed by atoms with Crippen LogP contribution in [0.1, 0.15) is 5.56 Å². The third kappa shape index (κ3) is 4.67. The van der Waals surface area contributed by atoms with Gasteiger partial charge in [0.2, 0.25) is 5.91 Å². The van der Waals surface area contributed by atoms with Crippen LogP contribution in [0.4, 0.5) is 11.4 Å². The predicted molar refractivity (Wildman–Crippen MR) is 89.9 cm³/mol. The summed E-state index contributed by atoms with van der Waals surface area (Å²) >= 11 is 2.17. The second-order valence-electron chi connectivity index (χ2n) is 4.18. The molecule has 0 aromatic heterocycles. The maximum absolute atomic E-state index is 11.8. The number of anilines is 1. The van der Waals surface area contributed by atoms with Gasteiger partial charge in [-0.05, 0) is 64.6 Å². The normalized spacial score (nSPS) is 10.5. The van der Waals surface area contributed by atoms with E-state index >= 15 is 0 Å². The Balaban J connectivity index is 2.00. The summed E-state index contributed by atoms with van der Waals surface area (Å²) in [6.07, 6.45) is 2.99. The summed E-state index contributed by atoms with van der Waals surface area (Å²) in [6, 6.07) is 13.4. The number of carbonyl (C=O) groups is 1. The highest BCUT2D eigenvalue weighted by Crippen LogP contribution is 2.14. The minimum Gasteiger partial charge on any atom is -0.322 e. The molecule has 2 aromatic rings. The maximum atomic E-state index is 11.8. The monoisotopic (exact) mass is 394 g/mol. The van der Waals surface area contributed by atoms with Crippen molar-refractivity contribution in [2.24, 2.45) is 0 Å². The lowest BCUT2D eigenvalue weighted by Crippen LogP contribution is -2.07. The fourth-order valence-corrected chi connectivity index (χ4v) is 2.17. The quantitative estimate of drug-likeness (QED) is 0.371. The van der Waals surface area contributed by atoms with E-state index in [0.717, 1.165) is 14.8 Å². The molecular weight excluding hydrogens is 383 g/mol. The lowest BCUT2D eigenvalue weighted by Gasteiger charge is -2.02. The molecule has 0 atom stereocenters. The maximum Gasteiger partial charge on any atom is 0.269 e. The number of nitro benzene ring substituents is 1. The summed E-state index contributed by atoms with van der Waals surface area (Å²) in [5.74, 6) is -0.254. The third-order valence-electron chi connectivity index (χ3n) is 2.62. The van der Waals surface area contributed by atoms with Gasteiger partial charge in [-0.1, -0.05) is 6.07 Å². The van der Waals surface area contributed by atoms with Gasteiger partial charge in [0, 0.05) is 27.5 Å². The van der Waals surface area contributed by atoms with Crippen molar-refractivity contribution < 1.29 is 9.72 Å². The minimum absolute atomic E-state index is 0.0236. The number of benzene rings is 2. The van der Waals surface area contributed by atoms with Gasteiger partial charge in [-0.15, -0.1) is 0 Å². The van der Waals surface area contributed by atoms with Crippen molar-refractivity contribution in [2.45, 2.75) is 0 Å². The summed E-state index contributed by atoms with van der Waals surface area (Å²) < 4.78 is 1.03. The first kappa shape index (κ1) is 15.2. The Labute approximate surface area is 135 Å². The number of hydrogen-bond acceptors (Lipinski definition) is 3. The van der Waals surface area contributed by atoms with Crippen LogP contribution >= 0.6 is 22.6 Å². The van der Waals surface area contributed by atoms with Gasteiger partial charge in [-0.3, -0.25) is 14.9 Å². The molecule has 1 N–H and O–H groups in total. The van der Waals surface area contributed by atoms with Gasteiger partial charge in [-0.25, -0.2) is 0 Å². The molecule has 0 aliphatic rings. The minimum atomic E-state index is -0.461. The molecule has 0 aliphatic carbocycles. The van der Waals surface area contributed by atoms with E-state index in [1.165, 1.54) is 18.2 Å².